The maximum atomic E-state index is 2.21. The molecule has 300 valence electrons. The summed E-state index contributed by atoms with van der Waals surface area (Å²) in [5.74, 6) is 0. The summed E-state index contributed by atoms with van der Waals surface area (Å²) in [6.45, 7) is 33.3. The third-order valence-electron chi connectivity index (χ3n) is 3.33. The highest BCUT2D eigenvalue weighted by molar-refractivity contribution is 4.99. The summed E-state index contributed by atoms with van der Waals surface area (Å²) in [6, 6.07) is 12.0. The van der Waals surface area contributed by atoms with Gasteiger partial charge >= 0.3 is 0 Å². The van der Waals surface area contributed by atoms with E-state index in [1.165, 1.54) is 83.5 Å². The van der Waals surface area contributed by atoms with Gasteiger partial charge in [-0.2, -0.15) is 0 Å². The minimum absolute atomic E-state index is 0. The SMILES string of the molecule is C.C.C.C.C.C.C.C.C.C.C1CCCC1.CC.CC.CC.CC.CCC.CCC.CCCCC.CCCCC.c1ccccc1. The maximum absolute atomic E-state index is 2.21. The molecule has 0 unspecified atom stereocenters. The summed E-state index contributed by atoms with van der Waals surface area (Å²) in [5, 5.41) is 0. The summed E-state index contributed by atoms with van der Waals surface area (Å²) in [6.07, 6.45) is 18.2. The molecular formula is C45H120. The highest BCUT2D eigenvalue weighted by atomic mass is 14.0. The smallest absolute Gasteiger partial charge is 0.0533 e. The zero-order chi connectivity index (χ0) is 29.4. The Balaban J connectivity index is -0.0000000113. The largest absolute Gasteiger partial charge is 0.0776 e. The van der Waals surface area contributed by atoms with Crippen molar-refractivity contribution in [1.82, 2.24) is 0 Å². The van der Waals surface area contributed by atoms with Crippen LogP contribution >= 0.6 is 0 Å². The maximum Gasteiger partial charge on any atom is -0.0533 e. The molecule has 0 bridgehead atoms. The van der Waals surface area contributed by atoms with Gasteiger partial charge in [0, 0.05) is 0 Å². The van der Waals surface area contributed by atoms with Gasteiger partial charge in [0.05, 0.1) is 0 Å². The Morgan fingerprint density at radius 1 is 0.267 bits per heavy atom. The zero-order valence-corrected chi connectivity index (χ0v) is 28.7. The van der Waals surface area contributed by atoms with E-state index in [1.807, 2.05) is 91.8 Å². The van der Waals surface area contributed by atoms with Gasteiger partial charge in [0.15, 0.2) is 0 Å². The summed E-state index contributed by atoms with van der Waals surface area (Å²) >= 11 is 0. The van der Waals surface area contributed by atoms with Gasteiger partial charge in [-0.15, -0.1) is 0 Å². The molecule has 1 aliphatic carbocycles. The van der Waals surface area contributed by atoms with Crippen molar-refractivity contribution in [2.75, 3.05) is 0 Å². The minimum atomic E-state index is 0. The van der Waals surface area contributed by atoms with Gasteiger partial charge in [0.1, 0.15) is 0 Å². The lowest BCUT2D eigenvalue weighted by Crippen LogP contribution is -1.59. The molecule has 0 amide bonds. The first-order valence-electron chi connectivity index (χ1n) is 16.2. The molecule has 0 saturated heterocycles. The lowest BCUT2D eigenvalue weighted by atomic mass is 10.3. The Kier molecular flexibility index (Phi) is 620. The van der Waals surface area contributed by atoms with Gasteiger partial charge in [-0.25, -0.2) is 0 Å². The molecule has 0 aromatic heterocycles. The fraction of sp³-hybridized carbons (Fsp3) is 0.867. The van der Waals surface area contributed by atoms with Crippen LogP contribution in [-0.2, 0) is 0 Å². The highest BCUT2D eigenvalue weighted by Gasteiger charge is 1.95. The normalized spacial score (nSPS) is 6.93. The molecule has 45 heavy (non-hydrogen) atoms. The van der Waals surface area contributed by atoms with Crippen LogP contribution in [0, 0.1) is 0 Å². The first-order chi connectivity index (χ1) is 17.2. The third kappa shape index (κ3) is 363. The van der Waals surface area contributed by atoms with E-state index in [1.54, 1.807) is 0 Å². The third-order valence-corrected chi connectivity index (χ3v) is 3.33. The van der Waals surface area contributed by atoms with Gasteiger partial charge in [-0.1, -0.05) is 305 Å². The van der Waals surface area contributed by atoms with E-state index < -0.39 is 0 Å². The molecule has 0 nitrogen and oxygen atoms in total. The lowest BCUT2D eigenvalue weighted by Gasteiger charge is -1.79. The highest BCUT2D eigenvalue weighted by Crippen LogP contribution is 2.15. The van der Waals surface area contributed by atoms with Crippen LogP contribution in [-0.4, -0.2) is 0 Å². The minimum Gasteiger partial charge on any atom is -0.0776 e. The van der Waals surface area contributed by atoms with Crippen LogP contribution < -0.4 is 0 Å². The van der Waals surface area contributed by atoms with Gasteiger partial charge in [-0.3, -0.25) is 0 Å². The second-order valence-corrected chi connectivity index (χ2v) is 7.04. The number of hydrogen-bond donors (Lipinski definition) is 0. The van der Waals surface area contributed by atoms with Crippen molar-refractivity contribution >= 4 is 0 Å². The van der Waals surface area contributed by atoms with E-state index in [2.05, 4.69) is 55.4 Å². The van der Waals surface area contributed by atoms with Crippen LogP contribution in [0.25, 0.3) is 0 Å². The van der Waals surface area contributed by atoms with Crippen molar-refractivity contribution in [3.63, 3.8) is 0 Å². The average molecular weight is 661 g/mol. The molecule has 0 spiro atoms. The van der Waals surface area contributed by atoms with E-state index in [-0.39, 0.29) is 74.3 Å². The summed E-state index contributed by atoms with van der Waals surface area (Å²) < 4.78 is 0. The molecule has 1 aromatic carbocycles. The van der Waals surface area contributed by atoms with Crippen LogP contribution in [0.2, 0.25) is 0 Å². The van der Waals surface area contributed by atoms with Gasteiger partial charge in [0.25, 0.3) is 0 Å². The average Bonchev–Trinajstić information content (AvgIpc) is 3.53. The Labute approximate surface area is 304 Å². The Morgan fingerprint density at radius 2 is 0.356 bits per heavy atom. The van der Waals surface area contributed by atoms with Crippen LogP contribution in [0.15, 0.2) is 36.4 Å². The van der Waals surface area contributed by atoms with Crippen LogP contribution in [0.1, 0.15) is 269 Å². The molecule has 0 atom stereocenters. The molecule has 1 saturated carbocycles. The quantitative estimate of drug-likeness (QED) is 0.301. The van der Waals surface area contributed by atoms with Crippen molar-refractivity contribution < 1.29 is 0 Å². The first-order valence-corrected chi connectivity index (χ1v) is 16.2. The van der Waals surface area contributed by atoms with E-state index >= 15 is 0 Å². The van der Waals surface area contributed by atoms with Crippen molar-refractivity contribution in [3.05, 3.63) is 36.4 Å². The zero-order valence-electron chi connectivity index (χ0n) is 28.7. The molecular weight excluding hydrogens is 540 g/mol. The van der Waals surface area contributed by atoms with Crippen LogP contribution in [0.5, 0.6) is 0 Å². The summed E-state index contributed by atoms with van der Waals surface area (Å²) in [4.78, 5) is 0. The second-order valence-electron chi connectivity index (χ2n) is 7.04. The van der Waals surface area contributed by atoms with Gasteiger partial charge in [-0.05, 0) is 0 Å². The molecule has 1 aromatic rings. The predicted molar refractivity (Wildman–Crippen MR) is 245 cm³/mol. The van der Waals surface area contributed by atoms with Crippen molar-refractivity contribution in [2.45, 2.75) is 269 Å². The van der Waals surface area contributed by atoms with Gasteiger partial charge < -0.3 is 0 Å². The van der Waals surface area contributed by atoms with Crippen molar-refractivity contribution in [2.24, 2.45) is 0 Å². The summed E-state index contributed by atoms with van der Waals surface area (Å²) in [7, 11) is 0. The Hall–Kier alpha value is -0.780. The van der Waals surface area contributed by atoms with E-state index in [0.717, 1.165) is 0 Å². The topological polar surface area (TPSA) is 0 Å². The first kappa shape index (κ1) is 120. The molecule has 2 rings (SSSR count). The van der Waals surface area contributed by atoms with Gasteiger partial charge in [0.2, 0.25) is 0 Å². The standard InChI is InChI=1S/C6H6.C5H10.2C5H12.2C3H8.4C2H6.10CH4/c1-2-4-6-5-3-1;1-2-4-5-3-1;2*1-3-5-4-2;2*1-3-2;4*1-2;;;;;;;;;;/h1-6H;1-5H2;2*3-5H2,1-2H3;2*3H2,1-2H3;4*1-2H3;10*1H4. The molecule has 0 N–H and O–H groups in total. The fourth-order valence-electron chi connectivity index (χ4n) is 1.98. The number of rotatable bonds is 4. The van der Waals surface area contributed by atoms with Crippen LogP contribution in [0.3, 0.4) is 0 Å². The molecule has 0 heteroatoms. The molecule has 0 heterocycles. The fourth-order valence-corrected chi connectivity index (χ4v) is 1.98. The summed E-state index contributed by atoms with van der Waals surface area (Å²) in [5.41, 5.74) is 0. The van der Waals surface area contributed by atoms with E-state index in [0.29, 0.717) is 0 Å². The monoisotopic (exact) mass is 661 g/mol. The molecule has 1 fully saturated rings. The predicted octanol–water partition coefficient (Wildman–Crippen LogP) is 21.3. The number of unbranched alkanes of at least 4 members (excludes halogenated alkanes) is 4. The number of benzene rings is 1. The lowest BCUT2D eigenvalue weighted by molar-refractivity contribution is 0.772. The van der Waals surface area contributed by atoms with E-state index in [4.69, 9.17) is 0 Å². The second kappa shape index (κ2) is 232. The van der Waals surface area contributed by atoms with Crippen LogP contribution in [0.4, 0.5) is 0 Å². The molecule has 0 aliphatic heterocycles. The van der Waals surface area contributed by atoms with E-state index in [9.17, 15) is 0 Å². The molecule has 1 aliphatic rings. The van der Waals surface area contributed by atoms with Crippen molar-refractivity contribution in [1.29, 1.82) is 0 Å². The van der Waals surface area contributed by atoms with Crippen molar-refractivity contribution in [3.8, 4) is 0 Å². The Morgan fingerprint density at radius 3 is 0.400 bits per heavy atom. The number of hydrogen-bond acceptors (Lipinski definition) is 0. The Bertz CT molecular complexity index is 202. The molecule has 0 radical (unpaired) electrons.